The molecule has 0 radical (unpaired) electrons. The SMILES string of the molecule is NC/C(=C/F)COc1ccc(C(=O)NCc2ccccn2)c(OC(=O)C(F)(F)F)c1. The zero-order chi connectivity index (χ0) is 22.1. The van der Waals surface area contributed by atoms with Crippen LogP contribution in [-0.2, 0) is 11.3 Å². The number of esters is 1. The maximum absolute atomic E-state index is 12.6. The van der Waals surface area contributed by atoms with Crippen molar-refractivity contribution in [1.29, 1.82) is 0 Å². The van der Waals surface area contributed by atoms with E-state index in [0.29, 0.717) is 5.69 Å². The molecule has 1 aromatic heterocycles. The van der Waals surface area contributed by atoms with Gasteiger partial charge in [-0.05, 0) is 24.3 Å². The summed E-state index contributed by atoms with van der Waals surface area (Å²) in [7, 11) is 0. The Bertz CT molecular complexity index is 918. The van der Waals surface area contributed by atoms with Gasteiger partial charge in [-0.1, -0.05) is 6.07 Å². The number of aromatic nitrogens is 1. The van der Waals surface area contributed by atoms with E-state index in [2.05, 4.69) is 15.0 Å². The van der Waals surface area contributed by atoms with Gasteiger partial charge in [0.15, 0.2) is 0 Å². The monoisotopic (exact) mass is 427 g/mol. The molecule has 1 amide bonds. The first kappa shape index (κ1) is 22.8. The number of nitrogens with one attached hydrogen (secondary N) is 1. The van der Waals surface area contributed by atoms with Crippen LogP contribution in [0.4, 0.5) is 17.6 Å². The number of carbonyl (C=O) groups is 2. The van der Waals surface area contributed by atoms with Crippen LogP contribution in [0, 0.1) is 0 Å². The topological polar surface area (TPSA) is 104 Å². The summed E-state index contributed by atoms with van der Waals surface area (Å²) in [5.74, 6) is -4.05. The van der Waals surface area contributed by atoms with Gasteiger partial charge in [-0.2, -0.15) is 13.2 Å². The van der Waals surface area contributed by atoms with Gasteiger partial charge >= 0.3 is 12.1 Å². The predicted octanol–water partition coefficient (Wildman–Crippen LogP) is 2.67. The molecule has 0 aliphatic heterocycles. The summed E-state index contributed by atoms with van der Waals surface area (Å²) >= 11 is 0. The molecule has 2 rings (SSSR count). The van der Waals surface area contributed by atoms with Crippen molar-refractivity contribution in [2.45, 2.75) is 12.7 Å². The third-order valence-electron chi connectivity index (χ3n) is 3.63. The van der Waals surface area contributed by atoms with Crippen LogP contribution in [0.1, 0.15) is 16.1 Å². The van der Waals surface area contributed by atoms with Crippen molar-refractivity contribution in [3.63, 3.8) is 0 Å². The number of pyridine rings is 1. The average Bonchev–Trinajstić information content (AvgIpc) is 2.73. The lowest BCUT2D eigenvalue weighted by Crippen LogP contribution is -2.30. The number of halogens is 4. The van der Waals surface area contributed by atoms with Crippen molar-refractivity contribution >= 4 is 11.9 Å². The fraction of sp³-hybridized carbons (Fsp3) is 0.211. The quantitative estimate of drug-likeness (QED) is 0.382. The number of amides is 1. The maximum atomic E-state index is 12.6. The van der Waals surface area contributed by atoms with E-state index in [0.717, 1.165) is 12.1 Å². The molecule has 0 unspecified atom stereocenters. The Kier molecular flexibility index (Phi) is 7.87. The van der Waals surface area contributed by atoms with E-state index < -0.39 is 23.8 Å². The summed E-state index contributed by atoms with van der Waals surface area (Å²) in [6, 6.07) is 8.29. The number of alkyl halides is 3. The highest BCUT2D eigenvalue weighted by atomic mass is 19.4. The molecule has 7 nitrogen and oxygen atoms in total. The van der Waals surface area contributed by atoms with E-state index in [-0.39, 0.29) is 42.9 Å². The Morgan fingerprint density at radius 1 is 1.20 bits per heavy atom. The Morgan fingerprint density at radius 2 is 1.97 bits per heavy atom. The van der Waals surface area contributed by atoms with E-state index in [1.165, 1.54) is 12.3 Å². The lowest BCUT2D eigenvalue weighted by molar-refractivity contribution is -0.189. The van der Waals surface area contributed by atoms with E-state index in [9.17, 15) is 27.2 Å². The second-order valence-electron chi connectivity index (χ2n) is 5.81. The Labute approximate surface area is 168 Å². The van der Waals surface area contributed by atoms with E-state index >= 15 is 0 Å². The predicted molar refractivity (Wildman–Crippen MR) is 97.3 cm³/mol. The Morgan fingerprint density at radius 3 is 2.57 bits per heavy atom. The van der Waals surface area contributed by atoms with Crippen molar-refractivity contribution in [3.05, 3.63) is 65.8 Å². The number of nitrogens with two attached hydrogens (primary N) is 1. The van der Waals surface area contributed by atoms with Gasteiger partial charge < -0.3 is 20.5 Å². The molecule has 0 fully saturated rings. The third kappa shape index (κ3) is 6.55. The minimum Gasteiger partial charge on any atom is -0.489 e. The molecule has 1 aromatic carbocycles. The molecule has 30 heavy (non-hydrogen) atoms. The fourth-order valence-corrected chi connectivity index (χ4v) is 2.10. The second-order valence-corrected chi connectivity index (χ2v) is 5.81. The van der Waals surface area contributed by atoms with E-state index in [1.807, 2.05) is 0 Å². The molecule has 11 heteroatoms. The lowest BCUT2D eigenvalue weighted by atomic mass is 10.1. The summed E-state index contributed by atoms with van der Waals surface area (Å²) in [5, 5.41) is 2.47. The molecule has 2 aromatic rings. The van der Waals surface area contributed by atoms with E-state index in [4.69, 9.17) is 10.5 Å². The molecule has 1 heterocycles. The second kappa shape index (κ2) is 10.3. The Hall–Kier alpha value is -3.47. The van der Waals surface area contributed by atoms with Gasteiger partial charge in [0.2, 0.25) is 0 Å². The van der Waals surface area contributed by atoms with Gasteiger partial charge in [0.05, 0.1) is 24.1 Å². The molecule has 0 spiro atoms. The zero-order valence-electron chi connectivity index (χ0n) is 15.4. The van der Waals surface area contributed by atoms with Crippen molar-refractivity contribution in [1.82, 2.24) is 10.3 Å². The molecule has 0 aliphatic carbocycles. The van der Waals surface area contributed by atoms with Crippen molar-refractivity contribution in [2.75, 3.05) is 13.2 Å². The number of benzene rings is 1. The lowest BCUT2D eigenvalue weighted by Gasteiger charge is -2.14. The maximum Gasteiger partial charge on any atom is 0.491 e. The molecule has 0 bridgehead atoms. The molecular formula is C19H17F4N3O4. The van der Waals surface area contributed by atoms with Crippen molar-refractivity contribution < 1.29 is 36.6 Å². The van der Waals surface area contributed by atoms with Gasteiger partial charge in [0, 0.05) is 24.4 Å². The van der Waals surface area contributed by atoms with E-state index in [1.54, 1.807) is 18.2 Å². The number of hydrogen-bond donors (Lipinski definition) is 2. The highest BCUT2D eigenvalue weighted by molar-refractivity contribution is 5.98. The normalized spacial score (nSPS) is 11.7. The van der Waals surface area contributed by atoms with Crippen LogP contribution in [0.15, 0.2) is 54.5 Å². The molecule has 0 atom stereocenters. The number of hydrogen-bond acceptors (Lipinski definition) is 6. The summed E-state index contributed by atoms with van der Waals surface area (Å²) in [5.41, 5.74) is 5.55. The first-order valence-corrected chi connectivity index (χ1v) is 8.46. The Balaban J connectivity index is 2.23. The van der Waals surface area contributed by atoms with Crippen LogP contribution < -0.4 is 20.5 Å². The van der Waals surface area contributed by atoms with Crippen LogP contribution in [-0.4, -0.2) is 36.2 Å². The molecule has 0 saturated carbocycles. The average molecular weight is 427 g/mol. The smallest absolute Gasteiger partial charge is 0.489 e. The van der Waals surface area contributed by atoms with Crippen LogP contribution in [0.5, 0.6) is 11.5 Å². The number of carbonyl (C=O) groups excluding carboxylic acids is 2. The van der Waals surface area contributed by atoms with Crippen LogP contribution in [0.2, 0.25) is 0 Å². The molecular weight excluding hydrogens is 410 g/mol. The minimum absolute atomic E-state index is 0.00820. The van der Waals surface area contributed by atoms with Crippen LogP contribution in [0.25, 0.3) is 0 Å². The molecule has 0 aliphatic rings. The van der Waals surface area contributed by atoms with Gasteiger partial charge in [-0.15, -0.1) is 0 Å². The van der Waals surface area contributed by atoms with Crippen molar-refractivity contribution in [3.8, 4) is 11.5 Å². The highest BCUT2D eigenvalue weighted by Gasteiger charge is 2.42. The van der Waals surface area contributed by atoms with Crippen LogP contribution >= 0.6 is 0 Å². The van der Waals surface area contributed by atoms with Gasteiger partial charge in [-0.25, -0.2) is 9.18 Å². The summed E-state index contributed by atoms with van der Waals surface area (Å²) < 4.78 is 59.9. The summed E-state index contributed by atoms with van der Waals surface area (Å²) in [6.45, 7) is -0.433. The molecule has 0 saturated heterocycles. The minimum atomic E-state index is -5.28. The standard InChI is InChI=1S/C19H17F4N3O4/c20-8-12(9-24)11-29-14-4-5-15(16(7-14)30-18(28)19(21,22)23)17(27)26-10-13-3-1-2-6-25-13/h1-8H,9-11,24H2,(H,26,27)/b12-8-. The largest absolute Gasteiger partial charge is 0.491 e. The summed E-state index contributed by atoms with van der Waals surface area (Å²) in [6.07, 6.45) is -3.53. The van der Waals surface area contributed by atoms with Crippen LogP contribution in [0.3, 0.4) is 0 Å². The first-order chi connectivity index (χ1) is 14.2. The molecule has 3 N–H and O–H groups in total. The van der Waals surface area contributed by atoms with Gasteiger partial charge in [0.1, 0.15) is 18.1 Å². The summed E-state index contributed by atoms with van der Waals surface area (Å²) in [4.78, 5) is 27.7. The van der Waals surface area contributed by atoms with Gasteiger partial charge in [-0.3, -0.25) is 9.78 Å². The van der Waals surface area contributed by atoms with Gasteiger partial charge in [0.25, 0.3) is 5.91 Å². The number of rotatable bonds is 8. The fourth-order valence-electron chi connectivity index (χ4n) is 2.10. The number of nitrogens with zero attached hydrogens (tertiary/aromatic N) is 1. The highest BCUT2D eigenvalue weighted by Crippen LogP contribution is 2.28. The zero-order valence-corrected chi connectivity index (χ0v) is 15.4. The third-order valence-corrected chi connectivity index (χ3v) is 3.63. The first-order valence-electron chi connectivity index (χ1n) is 8.46. The molecule has 160 valence electrons. The van der Waals surface area contributed by atoms with Crippen molar-refractivity contribution in [2.24, 2.45) is 5.73 Å². The number of ether oxygens (including phenoxy) is 2.